The molecule has 1 aliphatic heterocycles. The maximum Gasteiger partial charge on any atom is 0.317 e. The van der Waals surface area contributed by atoms with E-state index in [-0.39, 0.29) is 23.3 Å². The van der Waals surface area contributed by atoms with Crippen molar-refractivity contribution in [1.29, 1.82) is 0 Å². The summed E-state index contributed by atoms with van der Waals surface area (Å²) in [4.78, 5) is 29.1. The molecule has 22 heavy (non-hydrogen) atoms. The van der Waals surface area contributed by atoms with Gasteiger partial charge in [-0.25, -0.2) is 9.78 Å². The van der Waals surface area contributed by atoms with Crippen LogP contribution >= 0.6 is 0 Å². The van der Waals surface area contributed by atoms with Crippen LogP contribution in [0.25, 0.3) is 0 Å². The fourth-order valence-electron chi connectivity index (χ4n) is 2.27. The van der Waals surface area contributed by atoms with Gasteiger partial charge in [0.05, 0.1) is 0 Å². The average molecular weight is 304 g/mol. The van der Waals surface area contributed by atoms with Crippen molar-refractivity contribution in [3.63, 3.8) is 0 Å². The van der Waals surface area contributed by atoms with Gasteiger partial charge in [-0.05, 0) is 39.3 Å². The molecule has 0 bridgehead atoms. The lowest BCUT2D eigenvalue weighted by Gasteiger charge is -2.25. The van der Waals surface area contributed by atoms with Gasteiger partial charge in [0.25, 0.3) is 5.91 Å². The minimum absolute atomic E-state index is 0.0658. The van der Waals surface area contributed by atoms with E-state index in [1.807, 2.05) is 20.8 Å². The van der Waals surface area contributed by atoms with Gasteiger partial charge in [0.1, 0.15) is 11.5 Å². The molecule has 119 valence electrons. The highest BCUT2D eigenvalue weighted by atomic mass is 16.2. The van der Waals surface area contributed by atoms with Crippen molar-refractivity contribution in [2.45, 2.75) is 38.8 Å². The number of anilines is 1. The van der Waals surface area contributed by atoms with Crippen LogP contribution in [0.3, 0.4) is 0 Å². The quantitative estimate of drug-likeness (QED) is 0.774. The predicted octanol–water partition coefficient (Wildman–Crippen LogP) is 0.975. The summed E-state index contributed by atoms with van der Waals surface area (Å²) in [6, 6.07) is 6.05. The van der Waals surface area contributed by atoms with Gasteiger partial charge in [-0.3, -0.25) is 4.79 Å². The number of nitrogens with two attached hydrogens (primary N) is 1. The fraction of sp³-hybridized carbons (Fsp3) is 0.533. The van der Waals surface area contributed by atoms with Gasteiger partial charge < -0.3 is 21.3 Å². The normalized spacial score (nSPS) is 18.1. The van der Waals surface area contributed by atoms with E-state index in [1.54, 1.807) is 17.0 Å². The van der Waals surface area contributed by atoms with Crippen molar-refractivity contribution in [2.75, 3.05) is 18.4 Å². The molecule has 1 radical (unpaired) electrons. The van der Waals surface area contributed by atoms with Crippen LogP contribution in [0, 0.1) is 6.07 Å². The van der Waals surface area contributed by atoms with E-state index in [1.165, 1.54) is 0 Å². The Hall–Kier alpha value is -2.31. The van der Waals surface area contributed by atoms with E-state index in [0.717, 1.165) is 6.42 Å². The topological polar surface area (TPSA) is 100 Å². The molecule has 1 aromatic rings. The fourth-order valence-corrected chi connectivity index (χ4v) is 2.27. The minimum Gasteiger partial charge on any atom is -0.365 e. The van der Waals surface area contributed by atoms with E-state index in [4.69, 9.17) is 5.73 Å². The number of hydrogen-bond acceptors (Lipinski definition) is 4. The molecule has 2 rings (SSSR count). The second kappa shape index (κ2) is 6.21. The second-order valence-electron chi connectivity index (χ2n) is 6.44. The third-order valence-corrected chi connectivity index (χ3v) is 3.24. The molecule has 3 amide bonds. The third-order valence-electron chi connectivity index (χ3n) is 3.24. The Morgan fingerprint density at radius 1 is 1.45 bits per heavy atom. The van der Waals surface area contributed by atoms with E-state index < -0.39 is 5.91 Å². The molecule has 0 aliphatic carbocycles. The zero-order valence-corrected chi connectivity index (χ0v) is 13.1. The van der Waals surface area contributed by atoms with Crippen molar-refractivity contribution in [3.8, 4) is 0 Å². The lowest BCUT2D eigenvalue weighted by molar-refractivity contribution is 0.0995. The van der Waals surface area contributed by atoms with Crippen LogP contribution in [0.4, 0.5) is 10.6 Å². The molecule has 1 atom stereocenters. The van der Waals surface area contributed by atoms with Gasteiger partial charge in [0.2, 0.25) is 0 Å². The Kier molecular flexibility index (Phi) is 4.54. The van der Waals surface area contributed by atoms with Crippen LogP contribution in [0.5, 0.6) is 0 Å². The first-order valence-corrected chi connectivity index (χ1v) is 7.27. The zero-order chi connectivity index (χ0) is 16.3. The molecule has 0 spiro atoms. The van der Waals surface area contributed by atoms with Crippen molar-refractivity contribution in [3.05, 3.63) is 23.9 Å². The van der Waals surface area contributed by atoms with Crippen LogP contribution in [0.2, 0.25) is 0 Å². The Bertz CT molecular complexity index is 567. The summed E-state index contributed by atoms with van der Waals surface area (Å²) in [5.41, 5.74) is 5.04. The minimum atomic E-state index is -0.610. The molecular formula is C15H22N5O2. The number of pyridine rings is 1. The summed E-state index contributed by atoms with van der Waals surface area (Å²) in [5, 5.41) is 6.17. The molecule has 0 saturated carbocycles. The summed E-state index contributed by atoms with van der Waals surface area (Å²) in [5.74, 6) is -0.0446. The molecule has 0 aromatic carbocycles. The molecule has 1 unspecified atom stereocenters. The molecule has 2 heterocycles. The first kappa shape index (κ1) is 16.1. The average Bonchev–Trinajstić information content (AvgIpc) is 2.85. The van der Waals surface area contributed by atoms with Crippen LogP contribution in [0.15, 0.2) is 12.1 Å². The second-order valence-corrected chi connectivity index (χ2v) is 6.44. The van der Waals surface area contributed by atoms with Crippen molar-refractivity contribution in [2.24, 2.45) is 5.73 Å². The predicted molar refractivity (Wildman–Crippen MR) is 83.5 cm³/mol. The number of carbonyl (C=O) groups excluding carboxylic acids is 2. The van der Waals surface area contributed by atoms with Gasteiger partial charge in [0, 0.05) is 30.7 Å². The number of hydrogen-bond donors (Lipinski definition) is 3. The van der Waals surface area contributed by atoms with Crippen molar-refractivity contribution < 1.29 is 9.59 Å². The Morgan fingerprint density at radius 2 is 2.18 bits per heavy atom. The molecule has 1 aromatic heterocycles. The highest BCUT2D eigenvalue weighted by molar-refractivity contribution is 5.90. The first-order valence-electron chi connectivity index (χ1n) is 7.27. The lowest BCUT2D eigenvalue weighted by Crippen LogP contribution is -2.48. The Balaban J connectivity index is 1.92. The van der Waals surface area contributed by atoms with Crippen LogP contribution < -0.4 is 16.4 Å². The number of likely N-dealkylation sites (tertiary alicyclic amines) is 1. The van der Waals surface area contributed by atoms with Gasteiger partial charge in [-0.1, -0.05) is 0 Å². The maximum atomic E-state index is 12.1. The number of rotatable bonds is 3. The van der Waals surface area contributed by atoms with Gasteiger partial charge >= 0.3 is 6.03 Å². The van der Waals surface area contributed by atoms with Gasteiger partial charge in [-0.2, -0.15) is 0 Å². The van der Waals surface area contributed by atoms with Crippen LogP contribution in [-0.4, -0.2) is 46.5 Å². The van der Waals surface area contributed by atoms with Crippen molar-refractivity contribution >= 4 is 17.8 Å². The number of carbonyl (C=O) groups is 2. The molecule has 1 fully saturated rings. The number of primary amides is 1. The summed E-state index contributed by atoms with van der Waals surface area (Å²) in [6.07, 6.45) is 0.823. The highest BCUT2D eigenvalue weighted by Crippen LogP contribution is 2.15. The number of nitrogens with zero attached hydrogens (tertiary/aromatic N) is 2. The molecule has 7 heteroatoms. The number of urea groups is 1. The van der Waals surface area contributed by atoms with Crippen LogP contribution in [-0.2, 0) is 0 Å². The molecule has 7 nitrogen and oxygen atoms in total. The van der Waals surface area contributed by atoms with E-state index in [0.29, 0.717) is 18.9 Å². The molecular weight excluding hydrogens is 282 g/mol. The third kappa shape index (κ3) is 4.34. The van der Waals surface area contributed by atoms with Gasteiger partial charge in [-0.15, -0.1) is 0 Å². The monoisotopic (exact) mass is 304 g/mol. The first-order chi connectivity index (χ1) is 10.2. The molecule has 1 saturated heterocycles. The van der Waals surface area contributed by atoms with Crippen LogP contribution in [0.1, 0.15) is 37.7 Å². The standard InChI is InChI=1S/C15H22N5O2/c1-15(2,3)19-14(22)20-8-7-10(9-20)17-12-6-4-5-11(18-12)13(16)21/h4,6,10H,7-9H2,1-3H3,(H2,16,21)(H,17,18)(H,19,22). The summed E-state index contributed by atoms with van der Waals surface area (Å²) in [7, 11) is 0. The summed E-state index contributed by atoms with van der Waals surface area (Å²) >= 11 is 0. The summed E-state index contributed by atoms with van der Waals surface area (Å²) in [6.45, 7) is 7.13. The van der Waals surface area contributed by atoms with Crippen molar-refractivity contribution in [1.82, 2.24) is 15.2 Å². The SMILES string of the molecule is CC(C)(C)NC(=O)N1CCC(Nc2cc[c]c(C(N)=O)n2)C1. The van der Waals surface area contributed by atoms with E-state index >= 15 is 0 Å². The van der Waals surface area contributed by atoms with E-state index in [9.17, 15) is 9.59 Å². The number of amides is 3. The highest BCUT2D eigenvalue weighted by Gasteiger charge is 2.28. The number of nitrogens with one attached hydrogen (secondary N) is 2. The molecule has 4 N–H and O–H groups in total. The Labute approximate surface area is 130 Å². The molecule has 1 aliphatic rings. The zero-order valence-electron chi connectivity index (χ0n) is 13.1. The summed E-state index contributed by atoms with van der Waals surface area (Å²) < 4.78 is 0. The number of aromatic nitrogens is 1. The maximum absolute atomic E-state index is 12.1. The largest absolute Gasteiger partial charge is 0.365 e. The van der Waals surface area contributed by atoms with Gasteiger partial charge in [0.15, 0.2) is 0 Å². The Morgan fingerprint density at radius 3 is 2.82 bits per heavy atom. The lowest BCUT2D eigenvalue weighted by atomic mass is 10.1. The van der Waals surface area contributed by atoms with E-state index in [2.05, 4.69) is 21.7 Å². The smallest absolute Gasteiger partial charge is 0.317 e.